The summed E-state index contributed by atoms with van der Waals surface area (Å²) in [4.78, 5) is 19.3. The SMILES string of the molecule is CC(C)c1nc([C@H]2CCCN2C(=O)Cn2ccc3ccccc32)no1. The predicted molar refractivity (Wildman–Crippen MR) is 94.0 cm³/mol. The van der Waals surface area contributed by atoms with E-state index in [1.54, 1.807) is 0 Å². The lowest BCUT2D eigenvalue weighted by molar-refractivity contribution is -0.132. The molecular weight excluding hydrogens is 316 g/mol. The van der Waals surface area contributed by atoms with E-state index < -0.39 is 0 Å². The number of para-hydroxylation sites is 1. The van der Waals surface area contributed by atoms with Crippen molar-refractivity contribution in [1.29, 1.82) is 0 Å². The van der Waals surface area contributed by atoms with Crippen LogP contribution in [-0.4, -0.2) is 32.1 Å². The summed E-state index contributed by atoms with van der Waals surface area (Å²) in [5.74, 6) is 1.55. The van der Waals surface area contributed by atoms with Gasteiger partial charge in [-0.2, -0.15) is 4.98 Å². The lowest BCUT2D eigenvalue weighted by atomic mass is 10.2. The molecule has 0 saturated carbocycles. The zero-order valence-electron chi connectivity index (χ0n) is 14.6. The van der Waals surface area contributed by atoms with Gasteiger partial charge in [0.05, 0.1) is 6.04 Å². The second-order valence-electron chi connectivity index (χ2n) is 6.89. The first-order valence-electron chi connectivity index (χ1n) is 8.80. The van der Waals surface area contributed by atoms with Crippen LogP contribution in [0.4, 0.5) is 0 Å². The Kier molecular flexibility index (Phi) is 4.03. The van der Waals surface area contributed by atoms with Crippen LogP contribution < -0.4 is 0 Å². The highest BCUT2D eigenvalue weighted by Gasteiger charge is 2.33. The molecule has 0 unspecified atom stereocenters. The number of hydrogen-bond donors (Lipinski definition) is 0. The lowest BCUT2D eigenvalue weighted by Crippen LogP contribution is -2.33. The molecule has 0 bridgehead atoms. The molecule has 0 spiro atoms. The topological polar surface area (TPSA) is 64.2 Å². The Hall–Kier alpha value is -2.63. The fraction of sp³-hybridized carbons (Fsp3) is 0.421. The molecular formula is C19H22N4O2. The molecule has 25 heavy (non-hydrogen) atoms. The van der Waals surface area contributed by atoms with Gasteiger partial charge in [-0.15, -0.1) is 0 Å². The number of benzene rings is 1. The van der Waals surface area contributed by atoms with Gasteiger partial charge in [0.25, 0.3) is 0 Å². The number of aromatic nitrogens is 3. The maximum Gasteiger partial charge on any atom is 0.243 e. The van der Waals surface area contributed by atoms with Gasteiger partial charge in [0.1, 0.15) is 6.54 Å². The maximum absolute atomic E-state index is 12.9. The van der Waals surface area contributed by atoms with Gasteiger partial charge in [0.2, 0.25) is 11.8 Å². The summed E-state index contributed by atoms with van der Waals surface area (Å²) >= 11 is 0. The molecule has 1 amide bonds. The molecule has 1 atom stereocenters. The Morgan fingerprint density at radius 2 is 2.16 bits per heavy atom. The number of carbonyl (C=O) groups is 1. The number of hydrogen-bond acceptors (Lipinski definition) is 4. The quantitative estimate of drug-likeness (QED) is 0.730. The van der Waals surface area contributed by atoms with Crippen LogP contribution in [0.15, 0.2) is 41.1 Å². The molecule has 3 aromatic rings. The van der Waals surface area contributed by atoms with Crippen LogP contribution in [0.5, 0.6) is 0 Å². The smallest absolute Gasteiger partial charge is 0.243 e. The zero-order chi connectivity index (χ0) is 17.4. The fourth-order valence-corrected chi connectivity index (χ4v) is 3.47. The predicted octanol–water partition coefficient (Wildman–Crippen LogP) is 3.51. The number of rotatable bonds is 4. The molecule has 6 heteroatoms. The molecule has 130 valence electrons. The highest BCUT2D eigenvalue weighted by molar-refractivity contribution is 5.83. The largest absolute Gasteiger partial charge is 0.339 e. The third-order valence-electron chi connectivity index (χ3n) is 4.81. The van der Waals surface area contributed by atoms with Crippen LogP contribution in [0.2, 0.25) is 0 Å². The van der Waals surface area contributed by atoms with Crippen LogP contribution in [0, 0.1) is 0 Å². The highest BCUT2D eigenvalue weighted by atomic mass is 16.5. The first-order valence-corrected chi connectivity index (χ1v) is 8.80. The van der Waals surface area contributed by atoms with Gasteiger partial charge in [0.15, 0.2) is 5.82 Å². The number of amides is 1. The molecule has 1 aliphatic heterocycles. The highest BCUT2D eigenvalue weighted by Crippen LogP contribution is 2.31. The molecule has 2 aromatic heterocycles. The second kappa shape index (κ2) is 6.35. The van der Waals surface area contributed by atoms with E-state index in [9.17, 15) is 4.79 Å². The van der Waals surface area contributed by atoms with Crippen molar-refractivity contribution in [3.63, 3.8) is 0 Å². The fourth-order valence-electron chi connectivity index (χ4n) is 3.47. The minimum atomic E-state index is -0.0782. The molecule has 1 saturated heterocycles. The molecule has 3 heterocycles. The van der Waals surface area contributed by atoms with Crippen molar-refractivity contribution < 1.29 is 9.32 Å². The van der Waals surface area contributed by atoms with Crippen LogP contribution >= 0.6 is 0 Å². The average molecular weight is 338 g/mol. The summed E-state index contributed by atoms with van der Waals surface area (Å²) in [6.07, 6.45) is 3.82. The van der Waals surface area contributed by atoms with Crippen molar-refractivity contribution in [1.82, 2.24) is 19.6 Å². The first kappa shape index (κ1) is 15.9. The van der Waals surface area contributed by atoms with Gasteiger partial charge in [-0.1, -0.05) is 37.2 Å². The van der Waals surface area contributed by atoms with E-state index in [2.05, 4.69) is 16.2 Å². The van der Waals surface area contributed by atoms with E-state index in [0.29, 0.717) is 18.3 Å². The van der Waals surface area contributed by atoms with E-state index in [0.717, 1.165) is 30.3 Å². The summed E-state index contributed by atoms with van der Waals surface area (Å²) in [5.41, 5.74) is 1.08. The van der Waals surface area contributed by atoms with Crippen LogP contribution in [0.25, 0.3) is 10.9 Å². The first-order chi connectivity index (χ1) is 12.1. The Balaban J connectivity index is 1.54. The summed E-state index contributed by atoms with van der Waals surface area (Å²) in [6, 6.07) is 10.1. The van der Waals surface area contributed by atoms with Crippen molar-refractivity contribution in [2.24, 2.45) is 0 Å². The van der Waals surface area contributed by atoms with Crippen molar-refractivity contribution in [3.05, 3.63) is 48.2 Å². The van der Waals surface area contributed by atoms with Gasteiger partial charge >= 0.3 is 0 Å². The maximum atomic E-state index is 12.9. The molecule has 1 aliphatic rings. The zero-order valence-corrected chi connectivity index (χ0v) is 14.6. The van der Waals surface area contributed by atoms with E-state index in [1.807, 2.05) is 53.8 Å². The van der Waals surface area contributed by atoms with Crippen molar-refractivity contribution >= 4 is 16.8 Å². The van der Waals surface area contributed by atoms with Crippen LogP contribution in [0.1, 0.15) is 50.4 Å². The summed E-state index contributed by atoms with van der Waals surface area (Å²) in [6.45, 7) is 5.12. The number of fused-ring (bicyclic) bond motifs is 1. The summed E-state index contributed by atoms with van der Waals surface area (Å²) in [5, 5.41) is 5.26. The minimum Gasteiger partial charge on any atom is -0.339 e. The van der Waals surface area contributed by atoms with Crippen LogP contribution in [-0.2, 0) is 11.3 Å². The molecule has 1 fully saturated rings. The van der Waals surface area contributed by atoms with E-state index in [-0.39, 0.29) is 17.9 Å². The van der Waals surface area contributed by atoms with Gasteiger partial charge < -0.3 is 14.0 Å². The normalized spacial score (nSPS) is 17.7. The third-order valence-corrected chi connectivity index (χ3v) is 4.81. The van der Waals surface area contributed by atoms with E-state index >= 15 is 0 Å². The molecule has 0 N–H and O–H groups in total. The molecule has 4 rings (SSSR count). The monoisotopic (exact) mass is 338 g/mol. The Bertz CT molecular complexity index is 896. The third kappa shape index (κ3) is 2.92. The lowest BCUT2D eigenvalue weighted by Gasteiger charge is -2.22. The molecule has 0 radical (unpaired) electrons. The molecule has 0 aliphatic carbocycles. The van der Waals surface area contributed by atoms with E-state index in [1.165, 1.54) is 0 Å². The van der Waals surface area contributed by atoms with Gasteiger partial charge in [-0.25, -0.2) is 0 Å². The van der Waals surface area contributed by atoms with Crippen molar-refractivity contribution in [2.75, 3.05) is 6.54 Å². The second-order valence-corrected chi connectivity index (χ2v) is 6.89. The van der Waals surface area contributed by atoms with Gasteiger partial charge in [-0.05, 0) is 30.4 Å². The summed E-state index contributed by atoms with van der Waals surface area (Å²) < 4.78 is 7.33. The Morgan fingerprint density at radius 1 is 1.32 bits per heavy atom. The standard InChI is InChI=1S/C19H22N4O2/c1-13(2)19-20-18(21-25-19)16-8-5-10-23(16)17(24)12-22-11-9-14-6-3-4-7-15(14)22/h3-4,6-7,9,11,13,16H,5,8,10,12H2,1-2H3/t16-/m1/s1. The van der Waals surface area contributed by atoms with Crippen molar-refractivity contribution in [3.8, 4) is 0 Å². The van der Waals surface area contributed by atoms with Gasteiger partial charge in [-0.3, -0.25) is 4.79 Å². The van der Waals surface area contributed by atoms with Gasteiger partial charge in [0, 0.05) is 24.2 Å². The number of likely N-dealkylation sites (tertiary alicyclic amines) is 1. The number of nitrogens with zero attached hydrogens (tertiary/aromatic N) is 4. The summed E-state index contributed by atoms with van der Waals surface area (Å²) in [7, 11) is 0. The molecule has 1 aromatic carbocycles. The van der Waals surface area contributed by atoms with E-state index in [4.69, 9.17) is 4.52 Å². The van der Waals surface area contributed by atoms with Crippen LogP contribution in [0.3, 0.4) is 0 Å². The van der Waals surface area contributed by atoms with Crippen molar-refractivity contribution in [2.45, 2.75) is 45.2 Å². The molecule has 6 nitrogen and oxygen atoms in total. The Labute approximate surface area is 146 Å². The minimum absolute atomic E-state index is 0.0782. The number of carbonyl (C=O) groups excluding carboxylic acids is 1. The average Bonchev–Trinajstić information content (AvgIpc) is 3.34. The Morgan fingerprint density at radius 3 is 2.96 bits per heavy atom.